The maximum Gasteiger partial charge on any atom is 0.0951 e. The van der Waals surface area contributed by atoms with Gasteiger partial charge in [0.15, 0.2) is 0 Å². The normalized spacial score (nSPS) is 17.0. The molecule has 4 nitrogen and oxygen atoms in total. The van der Waals surface area contributed by atoms with Crippen LogP contribution in [0.1, 0.15) is 12.8 Å². The van der Waals surface area contributed by atoms with E-state index in [0.29, 0.717) is 5.92 Å². The number of pyridine rings is 1. The fourth-order valence-corrected chi connectivity index (χ4v) is 2.12. The minimum Gasteiger partial charge on any atom is -0.329 e. The van der Waals surface area contributed by atoms with E-state index >= 15 is 0 Å². The quantitative estimate of drug-likeness (QED) is 0.866. The Morgan fingerprint density at radius 2 is 2.24 bits per heavy atom. The number of hydrogen-bond acceptors (Lipinski definition) is 3. The first kappa shape index (κ1) is 10.5. The maximum atomic E-state index is 6.15. The lowest BCUT2D eigenvalue weighted by molar-refractivity contribution is 0.505. The summed E-state index contributed by atoms with van der Waals surface area (Å²) in [4.78, 5) is 8.35. The van der Waals surface area contributed by atoms with Gasteiger partial charge in [0.25, 0.3) is 0 Å². The van der Waals surface area contributed by atoms with Crippen LogP contribution >= 0.6 is 0 Å². The molecule has 0 bridgehead atoms. The van der Waals surface area contributed by atoms with Gasteiger partial charge in [0.1, 0.15) is 0 Å². The highest BCUT2D eigenvalue weighted by atomic mass is 15.1. The average molecular weight is 228 g/mol. The Morgan fingerprint density at radius 3 is 2.94 bits per heavy atom. The highest BCUT2D eigenvalue weighted by Crippen LogP contribution is 2.32. The zero-order valence-electron chi connectivity index (χ0n) is 9.66. The Bertz CT molecular complexity index is 487. The minimum atomic E-state index is 0.250. The molecule has 0 amide bonds. The van der Waals surface area contributed by atoms with E-state index in [9.17, 15) is 0 Å². The van der Waals surface area contributed by atoms with E-state index in [-0.39, 0.29) is 6.04 Å². The zero-order valence-corrected chi connectivity index (χ0v) is 9.66. The predicted molar refractivity (Wildman–Crippen MR) is 66.2 cm³/mol. The van der Waals surface area contributed by atoms with Crippen molar-refractivity contribution in [1.82, 2.24) is 14.5 Å². The second-order valence-corrected chi connectivity index (χ2v) is 4.67. The summed E-state index contributed by atoms with van der Waals surface area (Å²) in [5.74, 6) is 0.708. The van der Waals surface area contributed by atoms with Gasteiger partial charge in [-0.3, -0.25) is 4.98 Å². The molecule has 1 fully saturated rings. The van der Waals surface area contributed by atoms with Crippen molar-refractivity contribution in [3.63, 3.8) is 0 Å². The first-order valence-corrected chi connectivity index (χ1v) is 6.00. The van der Waals surface area contributed by atoms with E-state index < -0.39 is 0 Å². The van der Waals surface area contributed by atoms with E-state index in [1.807, 2.05) is 30.9 Å². The molecule has 2 N–H and O–H groups in total. The molecule has 0 aliphatic heterocycles. The highest BCUT2D eigenvalue weighted by Gasteiger charge is 2.28. The smallest absolute Gasteiger partial charge is 0.0951 e. The molecule has 0 spiro atoms. The van der Waals surface area contributed by atoms with Crippen LogP contribution in [-0.4, -0.2) is 20.6 Å². The van der Waals surface area contributed by atoms with Crippen LogP contribution in [0, 0.1) is 5.92 Å². The lowest BCUT2D eigenvalue weighted by Gasteiger charge is -2.13. The molecule has 1 saturated carbocycles. The van der Waals surface area contributed by atoms with Crippen LogP contribution in [0.4, 0.5) is 0 Å². The second-order valence-electron chi connectivity index (χ2n) is 4.67. The molecule has 2 aromatic rings. The van der Waals surface area contributed by atoms with Crippen LogP contribution < -0.4 is 5.73 Å². The molecule has 4 heteroatoms. The molecule has 17 heavy (non-hydrogen) atoms. The van der Waals surface area contributed by atoms with E-state index in [2.05, 4.69) is 14.5 Å². The van der Waals surface area contributed by atoms with Crippen molar-refractivity contribution >= 4 is 0 Å². The standard InChI is InChI=1S/C13H16N4/c14-12(10-3-4-10)8-17-9-16-7-13(17)11-2-1-5-15-6-11/h1-2,5-7,9-10,12H,3-4,8,14H2. The Balaban J connectivity index is 1.83. The zero-order chi connectivity index (χ0) is 11.7. The molecule has 2 aromatic heterocycles. The summed E-state index contributed by atoms with van der Waals surface area (Å²) in [5.41, 5.74) is 8.34. The van der Waals surface area contributed by atoms with Crippen molar-refractivity contribution in [2.45, 2.75) is 25.4 Å². The molecule has 1 unspecified atom stereocenters. The SMILES string of the molecule is NC(Cn1cncc1-c1cccnc1)C1CC1. The third kappa shape index (κ3) is 2.22. The summed E-state index contributed by atoms with van der Waals surface area (Å²) in [6, 6.07) is 4.23. The van der Waals surface area contributed by atoms with E-state index in [0.717, 1.165) is 17.8 Å². The monoisotopic (exact) mass is 228 g/mol. The van der Waals surface area contributed by atoms with Gasteiger partial charge in [0, 0.05) is 30.5 Å². The summed E-state index contributed by atoms with van der Waals surface area (Å²) in [5, 5.41) is 0. The van der Waals surface area contributed by atoms with Crippen molar-refractivity contribution in [1.29, 1.82) is 0 Å². The van der Waals surface area contributed by atoms with Crippen LogP contribution in [0.2, 0.25) is 0 Å². The molecular weight excluding hydrogens is 212 g/mol. The summed E-state index contributed by atoms with van der Waals surface area (Å²) in [7, 11) is 0. The third-order valence-corrected chi connectivity index (χ3v) is 3.30. The van der Waals surface area contributed by atoms with Gasteiger partial charge >= 0.3 is 0 Å². The van der Waals surface area contributed by atoms with Gasteiger partial charge in [-0.15, -0.1) is 0 Å². The molecule has 2 heterocycles. The van der Waals surface area contributed by atoms with Gasteiger partial charge in [-0.05, 0) is 30.9 Å². The predicted octanol–water partition coefficient (Wildman–Crippen LogP) is 1.68. The van der Waals surface area contributed by atoms with Crippen LogP contribution in [0.3, 0.4) is 0 Å². The summed E-state index contributed by atoms with van der Waals surface area (Å²) in [6.45, 7) is 0.842. The van der Waals surface area contributed by atoms with Gasteiger partial charge in [0.2, 0.25) is 0 Å². The molecule has 1 aliphatic rings. The van der Waals surface area contributed by atoms with Gasteiger partial charge in [-0.25, -0.2) is 4.98 Å². The topological polar surface area (TPSA) is 56.7 Å². The van der Waals surface area contributed by atoms with E-state index in [4.69, 9.17) is 5.73 Å². The Morgan fingerprint density at radius 1 is 1.35 bits per heavy atom. The number of rotatable bonds is 4. The summed E-state index contributed by atoms with van der Waals surface area (Å²) < 4.78 is 2.12. The van der Waals surface area contributed by atoms with Crippen LogP contribution in [0.15, 0.2) is 37.1 Å². The Kier molecular flexibility index (Phi) is 2.65. The number of imidazole rings is 1. The van der Waals surface area contributed by atoms with E-state index in [1.54, 1.807) is 6.20 Å². The number of nitrogens with two attached hydrogens (primary N) is 1. The average Bonchev–Trinajstić information content (AvgIpc) is 3.12. The number of aromatic nitrogens is 3. The fraction of sp³-hybridized carbons (Fsp3) is 0.385. The van der Waals surface area contributed by atoms with Gasteiger partial charge in [-0.2, -0.15) is 0 Å². The van der Waals surface area contributed by atoms with Crippen molar-refractivity contribution in [3.8, 4) is 11.3 Å². The van der Waals surface area contributed by atoms with Crippen molar-refractivity contribution in [2.75, 3.05) is 0 Å². The third-order valence-electron chi connectivity index (χ3n) is 3.30. The molecule has 88 valence electrons. The van der Waals surface area contributed by atoms with E-state index in [1.165, 1.54) is 12.8 Å². The summed E-state index contributed by atoms with van der Waals surface area (Å²) >= 11 is 0. The first-order chi connectivity index (χ1) is 8.34. The van der Waals surface area contributed by atoms with Crippen LogP contribution in [0.5, 0.6) is 0 Å². The largest absolute Gasteiger partial charge is 0.329 e. The van der Waals surface area contributed by atoms with Gasteiger partial charge in [0.05, 0.1) is 18.2 Å². The first-order valence-electron chi connectivity index (χ1n) is 6.00. The van der Waals surface area contributed by atoms with Crippen LogP contribution in [-0.2, 0) is 6.54 Å². The van der Waals surface area contributed by atoms with Crippen molar-refractivity contribution in [2.24, 2.45) is 11.7 Å². The minimum absolute atomic E-state index is 0.250. The van der Waals surface area contributed by atoms with Gasteiger partial charge < -0.3 is 10.3 Å². The van der Waals surface area contributed by atoms with Crippen molar-refractivity contribution < 1.29 is 0 Å². The molecule has 1 aliphatic carbocycles. The van der Waals surface area contributed by atoms with Crippen molar-refractivity contribution in [3.05, 3.63) is 37.1 Å². The number of nitrogens with zero attached hydrogens (tertiary/aromatic N) is 3. The molecular formula is C13H16N4. The molecule has 0 radical (unpaired) electrons. The molecule has 3 rings (SSSR count). The Hall–Kier alpha value is -1.68. The van der Waals surface area contributed by atoms with Gasteiger partial charge in [-0.1, -0.05) is 0 Å². The lowest BCUT2D eigenvalue weighted by atomic mass is 10.2. The molecule has 1 atom stereocenters. The summed E-state index contributed by atoms with van der Waals surface area (Å²) in [6.07, 6.45) is 9.91. The highest BCUT2D eigenvalue weighted by molar-refractivity contribution is 5.57. The molecule has 0 saturated heterocycles. The fourth-order valence-electron chi connectivity index (χ4n) is 2.12. The lowest BCUT2D eigenvalue weighted by Crippen LogP contribution is -2.28. The molecule has 0 aromatic carbocycles. The Labute approximate surface area is 101 Å². The second kappa shape index (κ2) is 4.30. The maximum absolute atomic E-state index is 6.15. The van der Waals surface area contributed by atoms with Crippen LogP contribution in [0.25, 0.3) is 11.3 Å². The number of hydrogen-bond donors (Lipinski definition) is 1.